The van der Waals surface area contributed by atoms with Crippen molar-refractivity contribution in [2.75, 3.05) is 5.32 Å². The first-order valence-corrected chi connectivity index (χ1v) is 6.38. The van der Waals surface area contributed by atoms with Crippen molar-refractivity contribution in [1.29, 1.82) is 0 Å². The third-order valence-electron chi connectivity index (χ3n) is 2.20. The van der Waals surface area contributed by atoms with Gasteiger partial charge in [-0.15, -0.1) is 0 Å². The smallest absolute Gasteiger partial charge is 0.409 e. The average molecular weight is 317 g/mol. The Hall–Kier alpha value is -1.42. The number of hydrogen-bond donors (Lipinski definition) is 1. The van der Waals surface area contributed by atoms with E-state index in [1.807, 2.05) is 0 Å². The molecule has 0 bridgehead atoms. The predicted molar refractivity (Wildman–Crippen MR) is 77.6 cm³/mol. The molecule has 0 aliphatic carbocycles. The Labute approximate surface area is 125 Å². The quantitative estimate of drug-likeness (QED) is 0.821. The Morgan fingerprint density at radius 3 is 2.47 bits per heavy atom. The number of hydrogen-bond acceptors (Lipinski definition) is 2. The zero-order valence-corrected chi connectivity index (χ0v) is 11.8. The molecule has 3 nitrogen and oxygen atoms in total. The third kappa shape index (κ3) is 3.77. The lowest BCUT2D eigenvalue weighted by Gasteiger charge is -2.09. The summed E-state index contributed by atoms with van der Waals surface area (Å²) >= 11 is 17.6. The van der Waals surface area contributed by atoms with Crippen LogP contribution >= 0.6 is 34.8 Å². The summed E-state index contributed by atoms with van der Waals surface area (Å²) in [5.41, 5.74) is 0.367. The third-order valence-corrected chi connectivity index (χ3v) is 3.08. The Balaban J connectivity index is 2.10. The zero-order valence-electron chi connectivity index (χ0n) is 9.49. The average Bonchev–Trinajstić information content (AvgIpc) is 2.37. The van der Waals surface area contributed by atoms with Crippen molar-refractivity contribution in [1.82, 2.24) is 0 Å². The Morgan fingerprint density at radius 1 is 1.00 bits per heavy atom. The number of para-hydroxylation sites is 1. The van der Waals surface area contributed by atoms with Gasteiger partial charge in [0.15, 0.2) is 5.75 Å². The van der Waals surface area contributed by atoms with Gasteiger partial charge in [0.1, 0.15) is 0 Å². The van der Waals surface area contributed by atoms with Crippen LogP contribution in [0.2, 0.25) is 15.1 Å². The van der Waals surface area contributed by atoms with Crippen LogP contribution in [0, 0.1) is 0 Å². The van der Waals surface area contributed by atoms with Crippen molar-refractivity contribution >= 4 is 46.6 Å². The number of benzene rings is 2. The number of ether oxygens (including phenoxy) is 1. The van der Waals surface area contributed by atoms with Crippen molar-refractivity contribution in [3.8, 4) is 5.75 Å². The van der Waals surface area contributed by atoms with Crippen molar-refractivity contribution in [2.45, 2.75) is 0 Å². The van der Waals surface area contributed by atoms with E-state index in [4.69, 9.17) is 39.5 Å². The maximum atomic E-state index is 11.7. The first-order valence-electron chi connectivity index (χ1n) is 5.24. The summed E-state index contributed by atoms with van der Waals surface area (Å²) in [5.74, 6) is 0.264. The molecule has 0 spiro atoms. The number of rotatable bonds is 2. The maximum Gasteiger partial charge on any atom is 0.417 e. The Morgan fingerprint density at radius 2 is 1.74 bits per heavy atom. The van der Waals surface area contributed by atoms with E-state index in [0.717, 1.165) is 0 Å². The predicted octanol–water partition coefficient (Wildman–Crippen LogP) is 5.26. The molecular weight excluding hydrogens is 309 g/mol. The fraction of sp³-hybridized carbons (Fsp3) is 0. The van der Waals surface area contributed by atoms with E-state index in [1.165, 1.54) is 6.07 Å². The number of anilines is 1. The molecule has 0 fully saturated rings. The highest BCUT2D eigenvalue weighted by molar-refractivity contribution is 6.35. The molecule has 1 amide bonds. The van der Waals surface area contributed by atoms with Gasteiger partial charge < -0.3 is 4.74 Å². The number of carbonyl (C=O) groups is 1. The highest BCUT2D eigenvalue weighted by atomic mass is 35.5. The Bertz CT molecular complexity index is 617. The minimum absolute atomic E-state index is 0.264. The van der Waals surface area contributed by atoms with Gasteiger partial charge in [-0.2, -0.15) is 0 Å². The summed E-state index contributed by atoms with van der Waals surface area (Å²) in [6.07, 6.45) is -0.697. The summed E-state index contributed by atoms with van der Waals surface area (Å²) in [6, 6.07) is 11.4. The van der Waals surface area contributed by atoms with Crippen LogP contribution in [0.15, 0.2) is 42.5 Å². The van der Waals surface area contributed by atoms with E-state index in [1.54, 1.807) is 36.4 Å². The molecule has 0 atom stereocenters. The molecule has 19 heavy (non-hydrogen) atoms. The van der Waals surface area contributed by atoms with Crippen molar-refractivity contribution in [3.05, 3.63) is 57.5 Å². The molecule has 2 rings (SSSR count). The molecule has 0 aromatic heterocycles. The molecule has 6 heteroatoms. The lowest BCUT2D eigenvalue weighted by atomic mass is 10.3. The first kappa shape index (κ1) is 14.0. The maximum absolute atomic E-state index is 11.7. The van der Waals surface area contributed by atoms with Gasteiger partial charge in [0.25, 0.3) is 0 Å². The topological polar surface area (TPSA) is 38.3 Å². The number of amides is 1. The monoisotopic (exact) mass is 315 g/mol. The molecule has 0 unspecified atom stereocenters. The molecular formula is C13H8Cl3NO2. The van der Waals surface area contributed by atoms with Crippen LogP contribution in [-0.4, -0.2) is 6.09 Å². The van der Waals surface area contributed by atoms with Gasteiger partial charge in [-0.3, -0.25) is 5.32 Å². The van der Waals surface area contributed by atoms with Gasteiger partial charge in [0, 0.05) is 5.02 Å². The van der Waals surface area contributed by atoms with Crippen LogP contribution in [0.1, 0.15) is 0 Å². The van der Waals surface area contributed by atoms with Crippen LogP contribution in [0.5, 0.6) is 5.75 Å². The van der Waals surface area contributed by atoms with Crippen molar-refractivity contribution in [2.24, 2.45) is 0 Å². The molecule has 2 aromatic rings. The minimum atomic E-state index is -0.697. The van der Waals surface area contributed by atoms with Gasteiger partial charge in [0.05, 0.1) is 15.7 Å². The summed E-state index contributed by atoms with van der Waals surface area (Å²) in [4.78, 5) is 11.7. The number of nitrogens with one attached hydrogen (secondary N) is 1. The van der Waals surface area contributed by atoms with Gasteiger partial charge in [-0.1, -0.05) is 46.9 Å². The summed E-state index contributed by atoms with van der Waals surface area (Å²) < 4.78 is 5.06. The Kier molecular flexibility index (Phi) is 4.53. The summed E-state index contributed by atoms with van der Waals surface area (Å²) in [5, 5.41) is 3.65. The molecule has 0 aliphatic rings. The standard InChI is InChI=1S/C13H8Cl3NO2/c14-8-5-6-9(15)11(7-8)17-13(18)19-12-4-2-1-3-10(12)16/h1-7H,(H,17,18). The van der Waals surface area contributed by atoms with Crippen molar-refractivity contribution in [3.63, 3.8) is 0 Å². The van der Waals surface area contributed by atoms with Crippen LogP contribution in [0.25, 0.3) is 0 Å². The van der Waals surface area contributed by atoms with Crippen LogP contribution < -0.4 is 10.1 Å². The molecule has 98 valence electrons. The highest BCUT2D eigenvalue weighted by Gasteiger charge is 2.10. The SMILES string of the molecule is O=C(Nc1cc(Cl)ccc1Cl)Oc1ccccc1Cl. The molecule has 0 heterocycles. The second-order valence-electron chi connectivity index (χ2n) is 3.57. The van der Waals surface area contributed by atoms with Gasteiger partial charge in [0.2, 0.25) is 0 Å². The molecule has 0 radical (unpaired) electrons. The second kappa shape index (κ2) is 6.15. The van der Waals surface area contributed by atoms with E-state index < -0.39 is 6.09 Å². The normalized spacial score (nSPS) is 10.1. The lowest BCUT2D eigenvalue weighted by Crippen LogP contribution is -2.17. The van der Waals surface area contributed by atoms with Crippen LogP contribution in [0.3, 0.4) is 0 Å². The summed E-state index contributed by atoms with van der Waals surface area (Å²) in [7, 11) is 0. The minimum Gasteiger partial charge on any atom is -0.409 e. The fourth-order valence-corrected chi connectivity index (χ4v) is 1.87. The van der Waals surface area contributed by atoms with E-state index in [9.17, 15) is 4.79 Å². The van der Waals surface area contributed by atoms with Gasteiger partial charge in [-0.05, 0) is 30.3 Å². The van der Waals surface area contributed by atoms with Gasteiger partial charge in [-0.25, -0.2) is 4.79 Å². The number of halogens is 3. The largest absolute Gasteiger partial charge is 0.417 e. The lowest BCUT2D eigenvalue weighted by molar-refractivity contribution is 0.215. The van der Waals surface area contributed by atoms with Crippen molar-refractivity contribution < 1.29 is 9.53 Å². The first-order chi connectivity index (χ1) is 9.06. The highest BCUT2D eigenvalue weighted by Crippen LogP contribution is 2.27. The molecule has 2 aromatic carbocycles. The molecule has 0 aliphatic heterocycles. The summed E-state index contributed by atoms with van der Waals surface area (Å²) in [6.45, 7) is 0. The molecule has 0 saturated heterocycles. The van der Waals surface area contributed by atoms with Gasteiger partial charge >= 0.3 is 6.09 Å². The molecule has 1 N–H and O–H groups in total. The van der Waals surface area contributed by atoms with Crippen LogP contribution in [0.4, 0.5) is 10.5 Å². The fourth-order valence-electron chi connectivity index (χ4n) is 1.36. The molecule has 0 saturated carbocycles. The van der Waals surface area contributed by atoms with Crippen LogP contribution in [-0.2, 0) is 0 Å². The van der Waals surface area contributed by atoms with E-state index in [-0.39, 0.29) is 5.75 Å². The zero-order chi connectivity index (χ0) is 13.8. The number of carbonyl (C=O) groups excluding carboxylic acids is 1. The van der Waals surface area contributed by atoms with E-state index in [2.05, 4.69) is 5.32 Å². The van der Waals surface area contributed by atoms with E-state index in [0.29, 0.717) is 20.8 Å². The van der Waals surface area contributed by atoms with E-state index >= 15 is 0 Å². The second-order valence-corrected chi connectivity index (χ2v) is 4.82.